The zero-order valence-corrected chi connectivity index (χ0v) is 34.7. The summed E-state index contributed by atoms with van der Waals surface area (Å²) in [4.78, 5) is 94.5. The average molecular weight is 957 g/mol. The topological polar surface area (TPSA) is 452 Å². The van der Waals surface area contributed by atoms with E-state index in [9.17, 15) is 63.0 Å². The molecule has 12 N–H and O–H groups in total. The molecule has 63 heavy (non-hydrogen) atoms. The Hall–Kier alpha value is -4.20. The van der Waals surface area contributed by atoms with E-state index in [-0.39, 0.29) is 34.8 Å². The van der Waals surface area contributed by atoms with Crippen molar-refractivity contribution in [1.82, 2.24) is 38.6 Å². The highest BCUT2D eigenvalue weighted by molar-refractivity contribution is 7.47. The van der Waals surface area contributed by atoms with Gasteiger partial charge in [-0.2, -0.15) is 4.98 Å². The van der Waals surface area contributed by atoms with Crippen molar-refractivity contribution >= 4 is 46.3 Å². The molecule has 3 aliphatic rings. The van der Waals surface area contributed by atoms with Crippen LogP contribution in [0.15, 0.2) is 45.5 Å². The quantitative estimate of drug-likeness (QED) is 0.0485. The number of phosphoric acid groups is 3. The van der Waals surface area contributed by atoms with E-state index in [2.05, 4.69) is 29.4 Å². The molecule has 4 aromatic rings. The van der Waals surface area contributed by atoms with Crippen molar-refractivity contribution in [1.29, 1.82) is 0 Å². The lowest BCUT2D eigenvalue weighted by molar-refractivity contribution is -0.0612. The highest BCUT2D eigenvalue weighted by atomic mass is 31.2. The fourth-order valence-electron chi connectivity index (χ4n) is 6.81. The molecule has 0 saturated carbocycles. The van der Waals surface area contributed by atoms with Crippen LogP contribution in [0.2, 0.25) is 0 Å². The zero-order valence-electron chi connectivity index (χ0n) is 32.0. The van der Waals surface area contributed by atoms with Gasteiger partial charge in [0.2, 0.25) is 0 Å². The molecule has 0 amide bonds. The summed E-state index contributed by atoms with van der Waals surface area (Å²) in [5.74, 6) is -0.294. The number of nitrogen functional groups attached to an aromatic ring is 2. The van der Waals surface area contributed by atoms with E-state index in [1.165, 1.54) is 13.1 Å². The molecule has 2 unspecified atom stereocenters. The Morgan fingerprint density at radius 3 is 2.00 bits per heavy atom. The number of aryl methyl sites for hydroxylation is 1. The molecule has 3 fully saturated rings. The van der Waals surface area contributed by atoms with Crippen LogP contribution in [0.5, 0.6) is 0 Å². The number of fused-ring (bicyclic) bond motifs is 1. The Bertz CT molecular complexity index is 2660. The fraction of sp³-hybridized carbons (Fsp3) is 0.552. The monoisotopic (exact) mass is 956 g/mol. The van der Waals surface area contributed by atoms with Crippen LogP contribution in [0.1, 0.15) is 30.7 Å². The Morgan fingerprint density at radius 2 is 1.40 bits per heavy atom. The van der Waals surface area contributed by atoms with Crippen LogP contribution in [0.3, 0.4) is 0 Å². The number of hydrogen-bond acceptors (Lipinski definition) is 23. The van der Waals surface area contributed by atoms with Crippen LogP contribution in [0.4, 0.5) is 11.6 Å². The summed E-state index contributed by atoms with van der Waals surface area (Å²) < 4.78 is 83.5. The predicted octanol–water partition coefficient (Wildman–Crippen LogP) is -3.62. The van der Waals surface area contributed by atoms with E-state index < -0.39 is 128 Å². The molecule has 0 radical (unpaired) electrons. The van der Waals surface area contributed by atoms with Gasteiger partial charge in [0.25, 0.3) is 5.56 Å². The number of phosphoric ester groups is 3. The van der Waals surface area contributed by atoms with E-state index in [1.54, 1.807) is 0 Å². The average Bonchev–Trinajstić information content (AvgIpc) is 3.95. The van der Waals surface area contributed by atoms with E-state index in [4.69, 9.17) is 43.8 Å². The minimum atomic E-state index is -5.51. The van der Waals surface area contributed by atoms with Crippen molar-refractivity contribution in [3.8, 4) is 0 Å². The lowest BCUT2D eigenvalue weighted by Gasteiger charge is -2.26. The number of aliphatic hydroxyl groups excluding tert-OH is 3. The number of nitrogens with two attached hydrogens (primary N) is 2. The normalized spacial score (nSPS) is 30.8. The molecule has 31 nitrogen and oxygen atoms in total. The summed E-state index contributed by atoms with van der Waals surface area (Å²) in [6.45, 7) is -1.60. The number of imidazole rings is 1. The summed E-state index contributed by atoms with van der Waals surface area (Å²) in [5, 5.41) is 33.2. The highest BCUT2D eigenvalue weighted by Crippen LogP contribution is 2.52. The SMILES string of the molecule is Cc1cn([C@H]2C[C@H](O)[C@@H](COP(=O)(O)O[C@H]3[C@@H](O)[C@H](n4cnc5c(N)ncnc54)O[C@@H]3COP(=O)(O)O[C@H]3[C@@H](O)[C@H](n4ccc(N)nc4=O)O[C@@H]3COP(=O)(O)O)O2)c(=O)[nH]c1=O. The standard InChI is InChI=1S/C29H39N10O21P3/c1-11-5-38(29(45)36-25(11)43)17-4-12(40)13(56-17)6-54-62(49,50)60-22-15(58-27(20(22)42)39-10-34-18-23(31)32-9-33-24(18)39)8-55-63(51,52)59-21-14(7-53-61(46,47)48)57-26(19(21)41)37-3-2-16(30)35-28(37)44/h2-3,5,9-10,12-15,17,19-22,26-27,40-42H,4,6-8H2,1H3,(H,49,50)(H,51,52)(H2,30,35,44)(H2,31,32,33)(H,36,43,45)(H2,46,47,48)/t12-,13+,14+,15+,17+,19+,20+,21+,22+,26+,27+/m0/s1. The second kappa shape index (κ2) is 18.0. The zero-order chi connectivity index (χ0) is 45.8. The lowest BCUT2D eigenvalue weighted by Crippen LogP contribution is -2.38. The molecule has 0 bridgehead atoms. The van der Waals surface area contributed by atoms with E-state index >= 15 is 0 Å². The molecule has 0 spiro atoms. The number of nitrogens with zero attached hydrogens (tertiary/aromatic N) is 7. The minimum Gasteiger partial charge on any atom is -0.390 e. The molecule has 4 aromatic heterocycles. The fourth-order valence-corrected chi connectivity index (χ4v) is 9.08. The number of anilines is 2. The number of ether oxygens (including phenoxy) is 3. The molecule has 13 atom stereocenters. The van der Waals surface area contributed by atoms with Crippen molar-refractivity contribution in [2.75, 3.05) is 31.3 Å². The predicted molar refractivity (Wildman–Crippen MR) is 202 cm³/mol. The maximum atomic E-state index is 13.5. The van der Waals surface area contributed by atoms with Crippen LogP contribution in [-0.4, -0.2) is 142 Å². The Morgan fingerprint density at radius 1 is 0.810 bits per heavy atom. The lowest BCUT2D eigenvalue weighted by atomic mass is 10.1. The van der Waals surface area contributed by atoms with Crippen molar-refractivity contribution in [3.63, 3.8) is 0 Å². The number of aromatic amines is 1. The van der Waals surface area contributed by atoms with Crippen LogP contribution in [-0.2, 0) is 50.5 Å². The van der Waals surface area contributed by atoms with Gasteiger partial charge in [-0.1, -0.05) is 0 Å². The molecular weight excluding hydrogens is 917 g/mol. The third-order valence-electron chi connectivity index (χ3n) is 9.79. The number of aromatic nitrogens is 8. The van der Waals surface area contributed by atoms with Crippen LogP contribution in [0.25, 0.3) is 11.2 Å². The Balaban J connectivity index is 1.08. The summed E-state index contributed by atoms with van der Waals surface area (Å²) in [6.07, 6.45) is -14.5. The second-order valence-corrected chi connectivity index (χ2v) is 18.2. The first kappa shape index (κ1) is 46.8. The smallest absolute Gasteiger partial charge is 0.390 e. The van der Waals surface area contributed by atoms with Gasteiger partial charge in [-0.3, -0.25) is 46.1 Å². The maximum absolute atomic E-state index is 13.5. The van der Waals surface area contributed by atoms with Crippen LogP contribution in [0, 0.1) is 6.92 Å². The Labute approximate surface area is 350 Å². The van der Waals surface area contributed by atoms with E-state index in [0.717, 1.165) is 34.1 Å². The second-order valence-electron chi connectivity index (χ2n) is 14.1. The van der Waals surface area contributed by atoms with E-state index in [0.29, 0.717) is 4.57 Å². The molecule has 346 valence electrons. The largest absolute Gasteiger partial charge is 0.472 e. The molecule has 34 heteroatoms. The van der Waals surface area contributed by atoms with Gasteiger partial charge in [-0.15, -0.1) is 0 Å². The summed E-state index contributed by atoms with van der Waals surface area (Å²) in [6, 6.07) is 1.14. The number of hydrogen-bond donors (Lipinski definition) is 10. The number of nitrogens with one attached hydrogen (secondary N) is 1. The molecule has 0 aliphatic carbocycles. The van der Waals surface area contributed by atoms with Crippen molar-refractivity contribution in [2.24, 2.45) is 0 Å². The number of H-pyrrole nitrogens is 1. The van der Waals surface area contributed by atoms with Crippen molar-refractivity contribution in [2.45, 2.75) is 80.9 Å². The van der Waals surface area contributed by atoms with Crippen molar-refractivity contribution < 1.29 is 85.4 Å². The van der Waals surface area contributed by atoms with Gasteiger partial charge in [0.05, 0.1) is 32.3 Å². The molecule has 0 aromatic carbocycles. The van der Waals surface area contributed by atoms with Gasteiger partial charge in [0.15, 0.2) is 23.9 Å². The van der Waals surface area contributed by atoms with Gasteiger partial charge in [-0.05, 0) is 13.0 Å². The highest BCUT2D eigenvalue weighted by Gasteiger charge is 2.53. The summed E-state index contributed by atoms with van der Waals surface area (Å²) >= 11 is 0. The van der Waals surface area contributed by atoms with Gasteiger partial charge >= 0.3 is 34.8 Å². The molecule has 7 heterocycles. The summed E-state index contributed by atoms with van der Waals surface area (Å²) in [7, 11) is -16.1. The van der Waals surface area contributed by atoms with Crippen molar-refractivity contribution in [3.05, 3.63) is 68.0 Å². The number of rotatable bonds is 16. The molecular formula is C29H39N10O21P3. The molecule has 3 saturated heterocycles. The van der Waals surface area contributed by atoms with E-state index in [1.807, 2.05) is 0 Å². The number of aliphatic hydroxyl groups is 3. The third-order valence-corrected chi connectivity index (χ3v) is 12.2. The van der Waals surface area contributed by atoms with Crippen LogP contribution >= 0.6 is 23.5 Å². The molecule has 7 rings (SSSR count). The van der Waals surface area contributed by atoms with Gasteiger partial charge < -0.3 is 60.6 Å². The Kier molecular flexibility index (Phi) is 13.4. The van der Waals surface area contributed by atoms with Crippen LogP contribution < -0.4 is 28.4 Å². The maximum Gasteiger partial charge on any atom is 0.472 e. The summed E-state index contributed by atoms with van der Waals surface area (Å²) in [5.41, 5.74) is 9.03. The minimum absolute atomic E-state index is 0.00562. The van der Waals surface area contributed by atoms with Gasteiger partial charge in [-0.25, -0.2) is 38.2 Å². The van der Waals surface area contributed by atoms with Gasteiger partial charge in [0.1, 0.15) is 66.6 Å². The van der Waals surface area contributed by atoms with Gasteiger partial charge in [0, 0.05) is 24.4 Å². The first-order chi connectivity index (χ1) is 29.5. The molecule has 3 aliphatic heterocycles. The third kappa shape index (κ3) is 10.4. The first-order valence-electron chi connectivity index (χ1n) is 18.1. The first-order valence-corrected chi connectivity index (χ1v) is 22.6.